The summed E-state index contributed by atoms with van der Waals surface area (Å²) in [4.78, 5) is 26.4. The van der Waals surface area contributed by atoms with Crippen LogP contribution in [0.5, 0.6) is 0 Å². The number of piperidine rings is 1. The summed E-state index contributed by atoms with van der Waals surface area (Å²) in [6.07, 6.45) is 5.71. The van der Waals surface area contributed by atoms with Crippen molar-refractivity contribution in [2.45, 2.75) is 19.8 Å². The molecule has 2 aromatic heterocycles. The number of hydrogen-bond acceptors (Lipinski definition) is 4. The molecular formula is C19H21N5O. The van der Waals surface area contributed by atoms with Gasteiger partial charge in [-0.1, -0.05) is 13.0 Å². The number of benzene rings is 1. The maximum absolute atomic E-state index is 12.5. The van der Waals surface area contributed by atoms with E-state index in [1.54, 1.807) is 0 Å². The second-order valence-electron chi connectivity index (χ2n) is 6.66. The lowest BCUT2D eigenvalue weighted by Gasteiger charge is -2.31. The minimum Gasteiger partial charge on any atom is -0.361 e. The van der Waals surface area contributed by atoms with Crippen LogP contribution in [0.4, 0.5) is 11.6 Å². The lowest BCUT2D eigenvalue weighted by atomic mass is 9.99. The highest BCUT2D eigenvalue weighted by atomic mass is 16.1. The van der Waals surface area contributed by atoms with Crippen molar-refractivity contribution in [1.82, 2.24) is 15.0 Å². The third kappa shape index (κ3) is 3.33. The van der Waals surface area contributed by atoms with E-state index in [0.29, 0.717) is 11.4 Å². The van der Waals surface area contributed by atoms with Crippen molar-refractivity contribution in [2.24, 2.45) is 5.92 Å². The molecule has 6 heteroatoms. The van der Waals surface area contributed by atoms with Crippen LogP contribution in [0.15, 0.2) is 42.9 Å². The molecule has 128 valence electrons. The number of nitrogens with one attached hydrogen (secondary N) is 2. The first-order valence-electron chi connectivity index (χ1n) is 8.64. The highest BCUT2D eigenvalue weighted by molar-refractivity contribution is 6.05. The predicted octanol–water partition coefficient (Wildman–Crippen LogP) is 3.45. The van der Waals surface area contributed by atoms with Gasteiger partial charge < -0.3 is 15.2 Å². The zero-order chi connectivity index (χ0) is 17.2. The van der Waals surface area contributed by atoms with Crippen LogP contribution in [0.25, 0.3) is 10.9 Å². The summed E-state index contributed by atoms with van der Waals surface area (Å²) in [5, 5.41) is 3.96. The molecule has 0 radical (unpaired) electrons. The van der Waals surface area contributed by atoms with Gasteiger partial charge in [-0.2, -0.15) is 0 Å². The Morgan fingerprint density at radius 3 is 2.88 bits per heavy atom. The summed E-state index contributed by atoms with van der Waals surface area (Å²) in [6.45, 7) is 4.27. The summed E-state index contributed by atoms with van der Waals surface area (Å²) in [5.41, 5.74) is 1.54. The number of rotatable bonds is 3. The number of hydrogen-bond donors (Lipinski definition) is 2. The molecule has 3 heterocycles. The van der Waals surface area contributed by atoms with Crippen LogP contribution >= 0.6 is 0 Å². The third-order valence-corrected chi connectivity index (χ3v) is 4.82. The van der Waals surface area contributed by atoms with Crippen molar-refractivity contribution in [3.05, 3.63) is 48.4 Å². The van der Waals surface area contributed by atoms with E-state index >= 15 is 0 Å². The Morgan fingerprint density at radius 1 is 1.20 bits per heavy atom. The van der Waals surface area contributed by atoms with Gasteiger partial charge in [0.15, 0.2) is 0 Å². The number of carbonyl (C=O) groups excluding carboxylic acids is 1. The normalized spacial score (nSPS) is 15.5. The third-order valence-electron chi connectivity index (χ3n) is 4.82. The van der Waals surface area contributed by atoms with E-state index in [1.165, 1.54) is 19.2 Å². The van der Waals surface area contributed by atoms with Crippen LogP contribution in [0.2, 0.25) is 0 Å². The minimum atomic E-state index is -0.173. The van der Waals surface area contributed by atoms with Gasteiger partial charge in [-0.3, -0.25) is 4.79 Å². The molecule has 0 spiro atoms. The van der Waals surface area contributed by atoms with Gasteiger partial charge >= 0.3 is 0 Å². The van der Waals surface area contributed by atoms with E-state index in [0.717, 1.165) is 35.7 Å². The maximum atomic E-state index is 12.5. The Hall–Kier alpha value is -2.89. The molecule has 1 aliphatic rings. The fourth-order valence-electron chi connectivity index (χ4n) is 3.20. The van der Waals surface area contributed by atoms with E-state index in [2.05, 4.69) is 32.1 Å². The molecule has 0 saturated carbocycles. The molecule has 1 aromatic carbocycles. The molecule has 2 N–H and O–H groups in total. The SMILES string of the molecule is CC1CCN(c2cc(NC(=O)c3ccc4cc[nH]c4c3)ncn2)CC1. The van der Waals surface area contributed by atoms with Gasteiger partial charge in [0.25, 0.3) is 5.91 Å². The quantitative estimate of drug-likeness (QED) is 0.769. The number of fused-ring (bicyclic) bond motifs is 1. The predicted molar refractivity (Wildman–Crippen MR) is 98.9 cm³/mol. The van der Waals surface area contributed by atoms with E-state index < -0.39 is 0 Å². The van der Waals surface area contributed by atoms with Gasteiger partial charge in [0.1, 0.15) is 18.0 Å². The molecule has 1 amide bonds. The Labute approximate surface area is 146 Å². The van der Waals surface area contributed by atoms with Crippen molar-refractivity contribution >= 4 is 28.4 Å². The molecule has 4 rings (SSSR count). The number of aromatic amines is 1. The molecule has 0 bridgehead atoms. The number of H-pyrrole nitrogens is 1. The van der Waals surface area contributed by atoms with Gasteiger partial charge in [0.05, 0.1) is 0 Å². The first-order valence-corrected chi connectivity index (χ1v) is 8.64. The molecular weight excluding hydrogens is 314 g/mol. The van der Waals surface area contributed by atoms with Crippen LogP contribution in [-0.2, 0) is 0 Å². The van der Waals surface area contributed by atoms with Crippen LogP contribution in [-0.4, -0.2) is 33.9 Å². The highest BCUT2D eigenvalue weighted by Crippen LogP contribution is 2.22. The monoisotopic (exact) mass is 335 g/mol. The number of aromatic nitrogens is 3. The summed E-state index contributed by atoms with van der Waals surface area (Å²) in [7, 11) is 0. The average Bonchev–Trinajstić information content (AvgIpc) is 3.10. The van der Waals surface area contributed by atoms with Crippen LogP contribution in [0.3, 0.4) is 0 Å². The van der Waals surface area contributed by atoms with E-state index in [1.807, 2.05) is 36.5 Å². The molecule has 25 heavy (non-hydrogen) atoms. The summed E-state index contributed by atoms with van der Waals surface area (Å²) < 4.78 is 0. The Bertz CT molecular complexity index is 895. The van der Waals surface area contributed by atoms with Crippen LogP contribution in [0.1, 0.15) is 30.1 Å². The summed E-state index contributed by atoms with van der Waals surface area (Å²) in [5.74, 6) is 1.99. The van der Waals surface area contributed by atoms with Gasteiger partial charge in [0.2, 0.25) is 0 Å². The van der Waals surface area contributed by atoms with Gasteiger partial charge in [-0.25, -0.2) is 9.97 Å². The fraction of sp³-hybridized carbons (Fsp3) is 0.316. The smallest absolute Gasteiger partial charge is 0.256 e. The largest absolute Gasteiger partial charge is 0.361 e. The summed E-state index contributed by atoms with van der Waals surface area (Å²) >= 11 is 0. The number of amides is 1. The van der Waals surface area contributed by atoms with Crippen LogP contribution < -0.4 is 10.2 Å². The second-order valence-corrected chi connectivity index (χ2v) is 6.66. The molecule has 0 unspecified atom stereocenters. The highest BCUT2D eigenvalue weighted by Gasteiger charge is 2.18. The van der Waals surface area contributed by atoms with Gasteiger partial charge in [-0.05, 0) is 42.3 Å². The second kappa shape index (κ2) is 6.55. The molecule has 0 aliphatic carbocycles. The molecule has 0 atom stereocenters. The van der Waals surface area contributed by atoms with Crippen molar-refractivity contribution in [2.75, 3.05) is 23.3 Å². The molecule has 1 saturated heterocycles. The zero-order valence-corrected chi connectivity index (χ0v) is 14.2. The molecule has 1 aliphatic heterocycles. The molecule has 3 aromatic rings. The topological polar surface area (TPSA) is 73.9 Å². The Morgan fingerprint density at radius 2 is 2.04 bits per heavy atom. The van der Waals surface area contributed by atoms with Gasteiger partial charge in [0, 0.05) is 36.4 Å². The number of anilines is 2. The fourth-order valence-corrected chi connectivity index (χ4v) is 3.20. The molecule has 6 nitrogen and oxygen atoms in total. The van der Waals surface area contributed by atoms with Crippen molar-refractivity contribution in [1.29, 1.82) is 0 Å². The Balaban J connectivity index is 1.50. The lowest BCUT2D eigenvalue weighted by molar-refractivity contribution is 0.102. The summed E-state index contributed by atoms with van der Waals surface area (Å²) in [6, 6.07) is 9.42. The van der Waals surface area contributed by atoms with Gasteiger partial charge in [-0.15, -0.1) is 0 Å². The zero-order valence-electron chi connectivity index (χ0n) is 14.2. The first-order chi connectivity index (χ1) is 12.2. The van der Waals surface area contributed by atoms with E-state index in [9.17, 15) is 4.79 Å². The average molecular weight is 335 g/mol. The Kier molecular flexibility index (Phi) is 4.09. The standard InChI is InChI=1S/C19H21N5O/c1-13-5-8-24(9-6-13)18-11-17(21-12-22-18)23-19(25)15-3-2-14-4-7-20-16(14)10-15/h2-4,7,10-13,20H,5-6,8-9H2,1H3,(H,21,22,23,25). The molecule has 1 fully saturated rings. The minimum absolute atomic E-state index is 0.173. The number of nitrogens with zero attached hydrogens (tertiary/aromatic N) is 3. The van der Waals surface area contributed by atoms with Crippen molar-refractivity contribution < 1.29 is 4.79 Å². The van der Waals surface area contributed by atoms with Crippen LogP contribution in [0, 0.1) is 5.92 Å². The van der Waals surface area contributed by atoms with Crippen molar-refractivity contribution in [3.63, 3.8) is 0 Å². The van der Waals surface area contributed by atoms with E-state index in [4.69, 9.17) is 0 Å². The number of carbonyl (C=O) groups is 1. The lowest BCUT2D eigenvalue weighted by Crippen LogP contribution is -2.33. The van der Waals surface area contributed by atoms with Crippen molar-refractivity contribution in [3.8, 4) is 0 Å². The first kappa shape index (κ1) is 15.6. The maximum Gasteiger partial charge on any atom is 0.256 e. The van der Waals surface area contributed by atoms with E-state index in [-0.39, 0.29) is 5.91 Å².